The molecule has 9 heteroatoms. The molecule has 2 heterocycles. The number of nitro groups is 1. The molecule has 0 fully saturated rings. The highest BCUT2D eigenvalue weighted by Gasteiger charge is 2.20. The summed E-state index contributed by atoms with van der Waals surface area (Å²) >= 11 is 0. The van der Waals surface area contributed by atoms with Crippen LogP contribution in [0.2, 0.25) is 0 Å². The zero-order chi connectivity index (χ0) is 18.1. The third-order valence-electron chi connectivity index (χ3n) is 3.81. The van der Waals surface area contributed by atoms with Crippen molar-refractivity contribution >= 4 is 11.7 Å². The molecule has 0 unspecified atom stereocenters. The van der Waals surface area contributed by atoms with Crippen molar-refractivity contribution in [3.63, 3.8) is 0 Å². The second-order valence-electron chi connectivity index (χ2n) is 5.52. The summed E-state index contributed by atoms with van der Waals surface area (Å²) < 4.78 is 16.1. The zero-order valence-corrected chi connectivity index (χ0v) is 13.5. The van der Waals surface area contributed by atoms with E-state index in [9.17, 15) is 19.3 Å². The molecule has 0 saturated carbocycles. The number of benzene rings is 1. The Morgan fingerprint density at radius 3 is 2.56 bits per heavy atom. The van der Waals surface area contributed by atoms with Crippen LogP contribution in [-0.2, 0) is 6.54 Å². The number of hydrogen-bond donors (Lipinski definition) is 0. The van der Waals surface area contributed by atoms with E-state index in [1.165, 1.54) is 12.1 Å². The topological polar surface area (TPSA) is 95.8 Å². The molecule has 0 aliphatic carbocycles. The van der Waals surface area contributed by atoms with E-state index in [4.69, 9.17) is 0 Å². The van der Waals surface area contributed by atoms with Gasteiger partial charge in [-0.2, -0.15) is 4.68 Å². The zero-order valence-electron chi connectivity index (χ0n) is 13.5. The van der Waals surface area contributed by atoms with Crippen LogP contribution >= 0.6 is 0 Å². The van der Waals surface area contributed by atoms with Crippen LogP contribution in [0.25, 0.3) is 5.69 Å². The summed E-state index contributed by atoms with van der Waals surface area (Å²) in [6.45, 7) is 3.47. The van der Waals surface area contributed by atoms with Crippen LogP contribution in [0.3, 0.4) is 0 Å². The van der Waals surface area contributed by atoms with Crippen molar-refractivity contribution in [3.8, 4) is 5.69 Å². The average Bonchev–Trinajstić information content (AvgIpc) is 3.13. The second-order valence-corrected chi connectivity index (χ2v) is 5.52. The number of rotatable bonds is 5. The second kappa shape index (κ2) is 6.27. The van der Waals surface area contributed by atoms with Gasteiger partial charge in [0.25, 0.3) is 0 Å². The number of aromatic nitrogens is 4. The minimum absolute atomic E-state index is 0.158. The largest absolute Gasteiger partial charge is 0.490 e. The average molecular weight is 343 g/mol. The molecule has 0 radical (unpaired) electrons. The molecule has 25 heavy (non-hydrogen) atoms. The number of Topliss-reactive ketones (excluding diaryl/α,β-unsaturated/α-hetero) is 1. The van der Waals surface area contributed by atoms with E-state index in [0.29, 0.717) is 11.3 Å². The molecule has 0 spiro atoms. The number of hydrogen-bond acceptors (Lipinski definition) is 5. The number of halogens is 1. The van der Waals surface area contributed by atoms with Gasteiger partial charge in [-0.15, -0.1) is 0 Å². The minimum atomic E-state index is -0.721. The lowest BCUT2D eigenvalue weighted by atomic mass is 10.1. The van der Waals surface area contributed by atoms with Gasteiger partial charge < -0.3 is 14.7 Å². The smallest absolute Gasteiger partial charge is 0.390 e. The third kappa shape index (κ3) is 3.16. The number of aryl methyl sites for hydroxylation is 1. The lowest BCUT2D eigenvalue weighted by molar-refractivity contribution is -0.394. The van der Waals surface area contributed by atoms with E-state index in [1.54, 1.807) is 25.1 Å². The molecule has 0 saturated heterocycles. The van der Waals surface area contributed by atoms with Crippen LogP contribution in [0.5, 0.6) is 0 Å². The molecule has 0 atom stereocenters. The first-order valence-electron chi connectivity index (χ1n) is 7.38. The van der Waals surface area contributed by atoms with Crippen molar-refractivity contribution in [2.75, 3.05) is 0 Å². The molecule has 0 amide bonds. The monoisotopic (exact) mass is 343 g/mol. The molecule has 128 valence electrons. The molecule has 0 bridgehead atoms. The molecule has 0 N–H and O–H groups in total. The highest BCUT2D eigenvalue weighted by molar-refractivity contribution is 5.97. The van der Waals surface area contributed by atoms with E-state index in [1.807, 2.05) is 11.5 Å². The number of carbonyl (C=O) groups is 1. The molecule has 3 aromatic rings. The highest BCUT2D eigenvalue weighted by Crippen LogP contribution is 2.22. The predicted octanol–water partition coefficient (Wildman–Crippen LogP) is 2.62. The molecule has 2 aromatic heterocycles. The van der Waals surface area contributed by atoms with Gasteiger partial charge in [0, 0.05) is 27.7 Å². The van der Waals surface area contributed by atoms with Gasteiger partial charge in [0.15, 0.2) is 5.78 Å². The first-order valence-corrected chi connectivity index (χ1v) is 7.38. The van der Waals surface area contributed by atoms with Crippen LogP contribution in [0, 0.1) is 29.8 Å². The summed E-state index contributed by atoms with van der Waals surface area (Å²) in [6, 6.07) is 7.69. The van der Waals surface area contributed by atoms with Gasteiger partial charge in [-0.25, -0.2) is 4.39 Å². The number of ketones is 1. The van der Waals surface area contributed by atoms with E-state index in [2.05, 4.69) is 10.1 Å². The molecule has 1 aromatic carbocycles. The summed E-state index contributed by atoms with van der Waals surface area (Å²) in [5, 5.41) is 14.2. The predicted molar refractivity (Wildman–Crippen MR) is 86.2 cm³/mol. The summed E-state index contributed by atoms with van der Waals surface area (Å²) in [4.78, 5) is 25.9. The summed E-state index contributed by atoms with van der Waals surface area (Å²) in [5.74, 6) is -1.14. The molecular weight excluding hydrogens is 329 g/mol. The number of nitrogens with zero attached hydrogens (tertiary/aromatic N) is 5. The van der Waals surface area contributed by atoms with Gasteiger partial charge >= 0.3 is 5.95 Å². The van der Waals surface area contributed by atoms with Crippen molar-refractivity contribution in [2.45, 2.75) is 20.4 Å². The number of carbonyl (C=O) groups excluding carboxylic acids is 1. The van der Waals surface area contributed by atoms with Gasteiger partial charge in [-0.1, -0.05) is 4.98 Å². The molecule has 0 aliphatic heterocycles. The van der Waals surface area contributed by atoms with Gasteiger partial charge in [0.05, 0.1) is 0 Å². The van der Waals surface area contributed by atoms with Crippen molar-refractivity contribution in [3.05, 3.63) is 69.5 Å². The lowest BCUT2D eigenvalue weighted by Crippen LogP contribution is -2.12. The summed E-state index contributed by atoms with van der Waals surface area (Å²) in [5.41, 5.74) is 2.73. The Bertz CT molecular complexity index is 959. The Hall–Kier alpha value is -3.36. The van der Waals surface area contributed by atoms with E-state index in [0.717, 1.165) is 22.4 Å². The van der Waals surface area contributed by atoms with Crippen molar-refractivity contribution in [1.29, 1.82) is 0 Å². The fourth-order valence-corrected chi connectivity index (χ4v) is 2.71. The molecule has 3 rings (SSSR count). The summed E-state index contributed by atoms with van der Waals surface area (Å²) in [7, 11) is 0. The van der Waals surface area contributed by atoms with Gasteiger partial charge in [0.1, 0.15) is 12.4 Å². The van der Waals surface area contributed by atoms with Crippen molar-refractivity contribution in [1.82, 2.24) is 19.3 Å². The maximum Gasteiger partial charge on any atom is 0.490 e. The fourth-order valence-electron chi connectivity index (χ4n) is 2.71. The van der Waals surface area contributed by atoms with Gasteiger partial charge in [-0.3, -0.25) is 4.79 Å². The van der Waals surface area contributed by atoms with Gasteiger partial charge in [-0.05, 0) is 49.1 Å². The van der Waals surface area contributed by atoms with Gasteiger partial charge in [0.2, 0.25) is 6.33 Å². The van der Waals surface area contributed by atoms with Crippen LogP contribution in [0.4, 0.5) is 10.3 Å². The van der Waals surface area contributed by atoms with Crippen molar-refractivity contribution in [2.24, 2.45) is 0 Å². The first-order chi connectivity index (χ1) is 11.9. The third-order valence-corrected chi connectivity index (χ3v) is 3.81. The minimum Gasteiger partial charge on any atom is -0.390 e. The fraction of sp³-hybridized carbons (Fsp3) is 0.188. The Labute approximate surface area is 141 Å². The molecule has 8 nitrogen and oxygen atoms in total. The first kappa shape index (κ1) is 16.5. The standard InChI is InChI=1S/C16H14FN5O3/c1-10-7-14(11(2)21(10)13-5-3-12(17)4-6-13)15(23)8-20-9-18-16(19-20)22(24)25/h3-7,9H,8H2,1-2H3. The molecule has 0 aliphatic rings. The van der Waals surface area contributed by atoms with Crippen molar-refractivity contribution < 1.29 is 14.1 Å². The maximum absolute atomic E-state index is 13.1. The lowest BCUT2D eigenvalue weighted by Gasteiger charge is -2.09. The van der Waals surface area contributed by atoms with Crippen LogP contribution in [0.15, 0.2) is 36.7 Å². The van der Waals surface area contributed by atoms with Crippen LogP contribution < -0.4 is 0 Å². The normalized spacial score (nSPS) is 10.8. The molecular formula is C16H14FN5O3. The summed E-state index contributed by atoms with van der Waals surface area (Å²) in [6.07, 6.45) is 1.15. The van der Waals surface area contributed by atoms with Crippen LogP contribution in [-0.4, -0.2) is 30.0 Å². The SMILES string of the molecule is Cc1cc(C(=O)Cn2cnc([N+](=O)[O-])n2)c(C)n1-c1ccc(F)cc1. The van der Waals surface area contributed by atoms with Crippen LogP contribution in [0.1, 0.15) is 21.7 Å². The van der Waals surface area contributed by atoms with E-state index < -0.39 is 10.9 Å². The van der Waals surface area contributed by atoms with E-state index >= 15 is 0 Å². The quantitative estimate of drug-likeness (QED) is 0.403. The maximum atomic E-state index is 13.1. The van der Waals surface area contributed by atoms with E-state index in [-0.39, 0.29) is 18.1 Å². The highest BCUT2D eigenvalue weighted by atomic mass is 19.1. The Balaban J connectivity index is 1.89. The Morgan fingerprint density at radius 2 is 1.96 bits per heavy atom. The Kier molecular flexibility index (Phi) is 4.14. The Morgan fingerprint density at radius 1 is 1.28 bits per heavy atom.